The Kier molecular flexibility index (Phi) is 4.78. The molecule has 0 fully saturated rings. The number of carboxylic acid groups (broad SMARTS) is 1. The first-order valence-electron chi connectivity index (χ1n) is 5.25. The van der Waals surface area contributed by atoms with Crippen molar-refractivity contribution in [2.45, 2.75) is 25.2 Å². The number of nitrogens with zero attached hydrogens (tertiary/aromatic N) is 2. The van der Waals surface area contributed by atoms with Gasteiger partial charge in [-0.1, -0.05) is 0 Å². The maximum absolute atomic E-state index is 12.2. The molecule has 0 aliphatic carbocycles. The Labute approximate surface area is 106 Å². The molecule has 1 heterocycles. The number of aliphatic hydroxyl groups is 1. The van der Waals surface area contributed by atoms with Gasteiger partial charge in [0, 0.05) is 30.5 Å². The molecule has 0 aliphatic rings. The van der Waals surface area contributed by atoms with E-state index in [9.17, 15) is 18.0 Å². The van der Waals surface area contributed by atoms with Gasteiger partial charge in [0.25, 0.3) is 0 Å². The van der Waals surface area contributed by atoms with Crippen LogP contribution in [0.1, 0.15) is 24.4 Å². The van der Waals surface area contributed by atoms with Gasteiger partial charge in [-0.2, -0.15) is 13.2 Å². The number of aliphatic hydroxyl groups excluding tert-OH is 1. The zero-order chi connectivity index (χ0) is 14.6. The standard InChI is InChI=1S/C10H12F3N3O3/c1-5(14-4-7(17)8(18)19)6-2-15-9(16-3-6)10(11,12)13/h2-3,5,7,14,17H,4H2,1H3,(H,18,19)/t5-,7+/m0/s1. The summed E-state index contributed by atoms with van der Waals surface area (Å²) in [7, 11) is 0. The summed E-state index contributed by atoms with van der Waals surface area (Å²) in [5.74, 6) is -2.63. The molecule has 6 nitrogen and oxygen atoms in total. The highest BCUT2D eigenvalue weighted by Gasteiger charge is 2.34. The van der Waals surface area contributed by atoms with E-state index in [0.717, 1.165) is 12.4 Å². The van der Waals surface area contributed by atoms with Gasteiger partial charge in [0.05, 0.1) is 0 Å². The van der Waals surface area contributed by atoms with E-state index in [-0.39, 0.29) is 6.54 Å². The highest BCUT2D eigenvalue weighted by Crippen LogP contribution is 2.25. The van der Waals surface area contributed by atoms with Crippen LogP contribution in [0.3, 0.4) is 0 Å². The number of alkyl halides is 3. The largest absolute Gasteiger partial charge is 0.479 e. The van der Waals surface area contributed by atoms with E-state index in [1.54, 1.807) is 6.92 Å². The summed E-state index contributed by atoms with van der Waals surface area (Å²) in [5.41, 5.74) is 0.352. The smallest absolute Gasteiger partial charge is 0.451 e. The number of carboxylic acids is 1. The van der Waals surface area contributed by atoms with E-state index >= 15 is 0 Å². The van der Waals surface area contributed by atoms with Crippen molar-refractivity contribution in [1.82, 2.24) is 15.3 Å². The quantitative estimate of drug-likeness (QED) is 0.730. The Morgan fingerprint density at radius 2 is 1.95 bits per heavy atom. The highest BCUT2D eigenvalue weighted by molar-refractivity contribution is 5.72. The Balaban J connectivity index is 2.63. The average molecular weight is 279 g/mol. The minimum Gasteiger partial charge on any atom is -0.479 e. The van der Waals surface area contributed by atoms with Crippen molar-refractivity contribution in [2.75, 3.05) is 6.54 Å². The van der Waals surface area contributed by atoms with E-state index < -0.39 is 30.1 Å². The molecule has 0 bridgehead atoms. The molecule has 0 radical (unpaired) electrons. The molecule has 0 saturated carbocycles. The van der Waals surface area contributed by atoms with Crippen LogP contribution in [-0.2, 0) is 11.0 Å². The molecular weight excluding hydrogens is 267 g/mol. The summed E-state index contributed by atoms with van der Waals surface area (Å²) in [6.45, 7) is 1.35. The molecule has 106 valence electrons. The van der Waals surface area contributed by atoms with Gasteiger partial charge < -0.3 is 15.5 Å². The third kappa shape index (κ3) is 4.45. The van der Waals surface area contributed by atoms with Gasteiger partial charge in [0.15, 0.2) is 6.10 Å². The monoisotopic (exact) mass is 279 g/mol. The molecule has 0 aliphatic heterocycles. The van der Waals surface area contributed by atoms with Gasteiger partial charge in [-0.25, -0.2) is 14.8 Å². The fourth-order valence-corrected chi connectivity index (χ4v) is 1.20. The third-order valence-electron chi connectivity index (χ3n) is 2.33. The van der Waals surface area contributed by atoms with Gasteiger partial charge in [-0.3, -0.25) is 0 Å². The van der Waals surface area contributed by atoms with Gasteiger partial charge in [-0.05, 0) is 6.92 Å². The molecule has 0 amide bonds. The minimum atomic E-state index is -4.60. The van der Waals surface area contributed by atoms with Crippen LogP contribution in [0.5, 0.6) is 0 Å². The lowest BCUT2D eigenvalue weighted by Crippen LogP contribution is -2.34. The predicted octanol–water partition coefficient (Wildman–Crippen LogP) is 0.591. The first-order chi connectivity index (χ1) is 8.71. The summed E-state index contributed by atoms with van der Waals surface area (Å²) in [6.07, 6.45) is -4.19. The molecule has 1 aromatic heterocycles. The number of rotatable bonds is 5. The average Bonchev–Trinajstić information content (AvgIpc) is 2.34. The van der Waals surface area contributed by atoms with Crippen LogP contribution in [0.2, 0.25) is 0 Å². The molecular formula is C10H12F3N3O3. The molecule has 3 N–H and O–H groups in total. The first-order valence-corrected chi connectivity index (χ1v) is 5.25. The first kappa shape index (κ1) is 15.3. The second kappa shape index (κ2) is 5.93. The summed E-state index contributed by atoms with van der Waals surface area (Å²) in [6, 6.07) is -0.490. The molecule has 1 rings (SSSR count). The fourth-order valence-electron chi connectivity index (χ4n) is 1.20. The molecule has 0 spiro atoms. The van der Waals surface area contributed by atoms with Crippen molar-refractivity contribution < 1.29 is 28.2 Å². The fraction of sp³-hybridized carbons (Fsp3) is 0.500. The Hall–Kier alpha value is -1.74. The lowest BCUT2D eigenvalue weighted by molar-refractivity contribution is -0.146. The Morgan fingerprint density at radius 3 is 2.37 bits per heavy atom. The molecule has 0 unspecified atom stereocenters. The minimum absolute atomic E-state index is 0.239. The van der Waals surface area contributed by atoms with Crippen molar-refractivity contribution >= 4 is 5.97 Å². The topological polar surface area (TPSA) is 95.3 Å². The van der Waals surface area contributed by atoms with Crippen molar-refractivity contribution in [3.05, 3.63) is 23.8 Å². The van der Waals surface area contributed by atoms with Gasteiger partial charge >= 0.3 is 12.1 Å². The van der Waals surface area contributed by atoms with Crippen molar-refractivity contribution in [3.8, 4) is 0 Å². The molecule has 9 heteroatoms. The van der Waals surface area contributed by atoms with Crippen molar-refractivity contribution in [3.63, 3.8) is 0 Å². The molecule has 19 heavy (non-hydrogen) atoms. The van der Waals surface area contributed by atoms with Crippen LogP contribution in [0, 0.1) is 0 Å². The van der Waals surface area contributed by atoms with Crippen LogP contribution in [0.4, 0.5) is 13.2 Å². The molecule has 0 saturated heterocycles. The number of nitrogens with one attached hydrogen (secondary N) is 1. The number of halogens is 3. The number of aliphatic carboxylic acids is 1. The SMILES string of the molecule is C[C@H](NC[C@@H](O)C(=O)O)c1cnc(C(F)(F)F)nc1. The molecule has 0 aromatic carbocycles. The van der Waals surface area contributed by atoms with E-state index in [0.29, 0.717) is 5.56 Å². The number of carbonyl (C=O) groups is 1. The van der Waals surface area contributed by atoms with Crippen LogP contribution in [0.15, 0.2) is 12.4 Å². The summed E-state index contributed by atoms with van der Waals surface area (Å²) < 4.78 is 36.7. The lowest BCUT2D eigenvalue weighted by Gasteiger charge is -2.15. The second-order valence-electron chi connectivity index (χ2n) is 3.82. The maximum atomic E-state index is 12.2. The Bertz CT molecular complexity index is 436. The lowest BCUT2D eigenvalue weighted by atomic mass is 10.2. The van der Waals surface area contributed by atoms with Crippen LogP contribution < -0.4 is 5.32 Å². The van der Waals surface area contributed by atoms with E-state index in [1.807, 2.05) is 0 Å². The Morgan fingerprint density at radius 1 is 1.42 bits per heavy atom. The predicted molar refractivity (Wildman–Crippen MR) is 57.1 cm³/mol. The van der Waals surface area contributed by atoms with Crippen LogP contribution in [0.25, 0.3) is 0 Å². The number of hydrogen-bond donors (Lipinski definition) is 3. The third-order valence-corrected chi connectivity index (χ3v) is 2.33. The van der Waals surface area contributed by atoms with E-state index in [2.05, 4.69) is 15.3 Å². The van der Waals surface area contributed by atoms with Crippen LogP contribution >= 0.6 is 0 Å². The maximum Gasteiger partial charge on any atom is 0.451 e. The van der Waals surface area contributed by atoms with Crippen LogP contribution in [-0.4, -0.2) is 38.8 Å². The highest BCUT2D eigenvalue weighted by atomic mass is 19.4. The molecule has 2 atom stereocenters. The summed E-state index contributed by atoms with van der Waals surface area (Å²) >= 11 is 0. The van der Waals surface area contributed by atoms with E-state index in [4.69, 9.17) is 10.2 Å². The second-order valence-corrected chi connectivity index (χ2v) is 3.82. The van der Waals surface area contributed by atoms with E-state index in [1.165, 1.54) is 0 Å². The number of hydrogen-bond acceptors (Lipinski definition) is 5. The summed E-state index contributed by atoms with van der Waals surface area (Å²) in [4.78, 5) is 16.7. The number of aromatic nitrogens is 2. The van der Waals surface area contributed by atoms with Gasteiger partial charge in [0.1, 0.15) is 0 Å². The van der Waals surface area contributed by atoms with Gasteiger partial charge in [0.2, 0.25) is 5.82 Å². The molecule has 1 aromatic rings. The summed E-state index contributed by atoms with van der Waals surface area (Å²) in [5, 5.41) is 20.1. The normalized spacial score (nSPS) is 15.0. The van der Waals surface area contributed by atoms with Crippen molar-refractivity contribution in [1.29, 1.82) is 0 Å². The zero-order valence-corrected chi connectivity index (χ0v) is 9.85. The zero-order valence-electron chi connectivity index (χ0n) is 9.85. The van der Waals surface area contributed by atoms with Gasteiger partial charge in [-0.15, -0.1) is 0 Å². The van der Waals surface area contributed by atoms with Crippen molar-refractivity contribution in [2.24, 2.45) is 0 Å².